The standard InChI is InChI=1S/C20H19FN2O3S/c1-12(14-6-9-17(25-2)18(10-14)26-3)22-20(24)19-11-16(23-27-19)13-4-7-15(21)8-5-13/h4-12H,1-3H3,(H,22,24)/t12-/m1/s1. The Kier molecular flexibility index (Phi) is 5.71. The van der Waals surface area contributed by atoms with Crippen LogP contribution in [0.15, 0.2) is 48.5 Å². The van der Waals surface area contributed by atoms with Crippen molar-refractivity contribution in [3.8, 4) is 22.8 Å². The lowest BCUT2D eigenvalue weighted by atomic mass is 10.1. The SMILES string of the molecule is COc1ccc([C@@H](C)NC(=O)c2cc(-c3ccc(F)cc3)ns2)cc1OC. The number of nitrogens with one attached hydrogen (secondary N) is 1. The Hall–Kier alpha value is -2.93. The van der Waals surface area contributed by atoms with Crippen molar-refractivity contribution in [1.82, 2.24) is 9.69 Å². The van der Waals surface area contributed by atoms with Crippen molar-refractivity contribution in [1.29, 1.82) is 0 Å². The zero-order valence-corrected chi connectivity index (χ0v) is 16.0. The van der Waals surface area contributed by atoms with Gasteiger partial charge in [-0.3, -0.25) is 4.79 Å². The molecule has 0 fully saturated rings. The highest BCUT2D eigenvalue weighted by Crippen LogP contribution is 2.30. The van der Waals surface area contributed by atoms with Gasteiger partial charge in [-0.05, 0) is 66.5 Å². The second-order valence-corrected chi connectivity index (χ2v) is 6.70. The molecule has 0 aliphatic carbocycles. The molecule has 7 heteroatoms. The molecule has 0 bridgehead atoms. The van der Waals surface area contributed by atoms with Crippen LogP contribution in [0, 0.1) is 5.82 Å². The number of hydrogen-bond acceptors (Lipinski definition) is 5. The summed E-state index contributed by atoms with van der Waals surface area (Å²) in [5.74, 6) is 0.706. The molecular formula is C20H19FN2O3S. The van der Waals surface area contributed by atoms with E-state index in [9.17, 15) is 9.18 Å². The van der Waals surface area contributed by atoms with Gasteiger partial charge >= 0.3 is 0 Å². The zero-order chi connectivity index (χ0) is 19.4. The first kappa shape index (κ1) is 18.8. The van der Waals surface area contributed by atoms with Crippen LogP contribution in [-0.2, 0) is 0 Å². The lowest BCUT2D eigenvalue weighted by Crippen LogP contribution is -2.25. The summed E-state index contributed by atoms with van der Waals surface area (Å²) in [5.41, 5.74) is 2.30. The van der Waals surface area contributed by atoms with E-state index in [2.05, 4.69) is 9.69 Å². The van der Waals surface area contributed by atoms with Gasteiger partial charge in [-0.15, -0.1) is 0 Å². The maximum absolute atomic E-state index is 13.0. The number of benzene rings is 2. The molecule has 0 radical (unpaired) electrons. The Balaban J connectivity index is 1.73. The van der Waals surface area contributed by atoms with E-state index >= 15 is 0 Å². The van der Waals surface area contributed by atoms with E-state index in [4.69, 9.17) is 9.47 Å². The van der Waals surface area contributed by atoms with Crippen LogP contribution in [0.2, 0.25) is 0 Å². The van der Waals surface area contributed by atoms with Gasteiger partial charge in [0.15, 0.2) is 11.5 Å². The van der Waals surface area contributed by atoms with Crippen molar-refractivity contribution in [3.63, 3.8) is 0 Å². The van der Waals surface area contributed by atoms with Crippen LogP contribution in [0.5, 0.6) is 11.5 Å². The minimum Gasteiger partial charge on any atom is -0.493 e. The quantitative estimate of drug-likeness (QED) is 0.680. The first-order chi connectivity index (χ1) is 13.0. The molecule has 3 aromatic rings. The Morgan fingerprint density at radius 2 is 1.78 bits per heavy atom. The number of methoxy groups -OCH3 is 2. The number of halogens is 1. The van der Waals surface area contributed by atoms with Crippen LogP contribution in [0.1, 0.15) is 28.2 Å². The van der Waals surface area contributed by atoms with Gasteiger partial charge in [0.05, 0.1) is 26.0 Å². The number of nitrogens with zero attached hydrogens (tertiary/aromatic N) is 1. The third-order valence-corrected chi connectivity index (χ3v) is 4.92. The van der Waals surface area contributed by atoms with Gasteiger partial charge in [-0.1, -0.05) is 6.07 Å². The van der Waals surface area contributed by atoms with E-state index in [1.165, 1.54) is 12.1 Å². The lowest BCUT2D eigenvalue weighted by Gasteiger charge is -2.16. The third-order valence-electron chi connectivity index (χ3n) is 4.13. The predicted octanol–water partition coefficient (Wildman–Crippen LogP) is 4.46. The number of carbonyl (C=O) groups is 1. The molecule has 1 aromatic heterocycles. The first-order valence-corrected chi connectivity index (χ1v) is 9.04. The van der Waals surface area contributed by atoms with Crippen LogP contribution in [0.25, 0.3) is 11.3 Å². The molecule has 0 unspecified atom stereocenters. The smallest absolute Gasteiger partial charge is 0.263 e. The molecule has 2 aromatic carbocycles. The molecule has 0 saturated carbocycles. The van der Waals surface area contributed by atoms with Gasteiger partial charge in [0.2, 0.25) is 0 Å². The average molecular weight is 386 g/mol. The molecule has 0 aliphatic heterocycles. The lowest BCUT2D eigenvalue weighted by molar-refractivity contribution is 0.0944. The van der Waals surface area contributed by atoms with E-state index in [1.54, 1.807) is 38.5 Å². The van der Waals surface area contributed by atoms with Crippen LogP contribution in [0.4, 0.5) is 4.39 Å². The number of amides is 1. The topological polar surface area (TPSA) is 60.5 Å². The second-order valence-electron chi connectivity index (χ2n) is 5.89. The Morgan fingerprint density at radius 3 is 2.44 bits per heavy atom. The summed E-state index contributed by atoms with van der Waals surface area (Å²) in [6.07, 6.45) is 0. The van der Waals surface area contributed by atoms with Crippen molar-refractivity contribution in [2.24, 2.45) is 0 Å². The van der Waals surface area contributed by atoms with Crippen LogP contribution < -0.4 is 14.8 Å². The van der Waals surface area contributed by atoms with Crippen molar-refractivity contribution >= 4 is 17.4 Å². The maximum atomic E-state index is 13.0. The summed E-state index contributed by atoms with van der Waals surface area (Å²) in [6.45, 7) is 1.89. The fourth-order valence-corrected chi connectivity index (χ4v) is 3.27. The minimum absolute atomic E-state index is 0.219. The highest BCUT2D eigenvalue weighted by atomic mass is 32.1. The van der Waals surface area contributed by atoms with E-state index in [-0.39, 0.29) is 17.8 Å². The van der Waals surface area contributed by atoms with E-state index in [0.717, 1.165) is 22.7 Å². The van der Waals surface area contributed by atoms with Gasteiger partial charge in [0.1, 0.15) is 10.7 Å². The molecule has 0 spiro atoms. The zero-order valence-electron chi connectivity index (χ0n) is 15.2. The Bertz CT molecular complexity index is 941. The van der Waals surface area contributed by atoms with Crippen LogP contribution >= 0.6 is 11.5 Å². The number of hydrogen-bond donors (Lipinski definition) is 1. The van der Waals surface area contributed by atoms with Crippen molar-refractivity contribution < 1.29 is 18.7 Å². The van der Waals surface area contributed by atoms with E-state index in [0.29, 0.717) is 22.1 Å². The summed E-state index contributed by atoms with van der Waals surface area (Å²) in [4.78, 5) is 13.0. The molecule has 1 heterocycles. The summed E-state index contributed by atoms with van der Waals surface area (Å²) >= 11 is 1.11. The van der Waals surface area contributed by atoms with E-state index in [1.807, 2.05) is 19.1 Å². The largest absolute Gasteiger partial charge is 0.493 e. The Labute approximate surface area is 160 Å². The Morgan fingerprint density at radius 1 is 1.07 bits per heavy atom. The van der Waals surface area contributed by atoms with Crippen molar-refractivity contribution in [3.05, 3.63) is 64.8 Å². The fourth-order valence-electron chi connectivity index (χ4n) is 2.61. The highest BCUT2D eigenvalue weighted by Gasteiger charge is 2.16. The summed E-state index contributed by atoms with van der Waals surface area (Å²) in [7, 11) is 3.14. The monoisotopic (exact) mass is 386 g/mol. The normalized spacial score (nSPS) is 11.7. The van der Waals surface area contributed by atoms with Gasteiger partial charge in [0.25, 0.3) is 5.91 Å². The number of aromatic nitrogens is 1. The van der Waals surface area contributed by atoms with Crippen molar-refractivity contribution in [2.75, 3.05) is 14.2 Å². The number of carbonyl (C=O) groups excluding carboxylic acids is 1. The van der Waals surface area contributed by atoms with Gasteiger partial charge < -0.3 is 14.8 Å². The highest BCUT2D eigenvalue weighted by molar-refractivity contribution is 7.08. The van der Waals surface area contributed by atoms with Crippen LogP contribution in [0.3, 0.4) is 0 Å². The molecule has 0 saturated heterocycles. The predicted molar refractivity (Wildman–Crippen MR) is 103 cm³/mol. The molecular weight excluding hydrogens is 367 g/mol. The molecule has 1 amide bonds. The van der Waals surface area contributed by atoms with E-state index < -0.39 is 0 Å². The molecule has 1 atom stereocenters. The summed E-state index contributed by atoms with van der Waals surface area (Å²) in [6, 6.07) is 13.0. The number of ether oxygens (including phenoxy) is 2. The van der Waals surface area contributed by atoms with Gasteiger partial charge in [0, 0.05) is 5.56 Å². The number of rotatable bonds is 6. The minimum atomic E-state index is -0.310. The molecule has 1 N–H and O–H groups in total. The summed E-state index contributed by atoms with van der Waals surface area (Å²) in [5, 5.41) is 2.95. The van der Waals surface area contributed by atoms with Gasteiger partial charge in [-0.25, -0.2) is 4.39 Å². The molecule has 27 heavy (non-hydrogen) atoms. The van der Waals surface area contributed by atoms with Crippen LogP contribution in [-0.4, -0.2) is 24.5 Å². The molecule has 140 valence electrons. The molecule has 0 aliphatic rings. The molecule has 5 nitrogen and oxygen atoms in total. The fraction of sp³-hybridized carbons (Fsp3) is 0.200. The first-order valence-electron chi connectivity index (χ1n) is 8.27. The second kappa shape index (κ2) is 8.18. The van der Waals surface area contributed by atoms with Crippen molar-refractivity contribution in [2.45, 2.75) is 13.0 Å². The summed E-state index contributed by atoms with van der Waals surface area (Å²) < 4.78 is 27.9. The maximum Gasteiger partial charge on any atom is 0.263 e. The van der Waals surface area contributed by atoms with Gasteiger partial charge in [-0.2, -0.15) is 4.37 Å². The average Bonchev–Trinajstić information content (AvgIpc) is 3.18. The molecule has 3 rings (SSSR count). The third kappa shape index (κ3) is 4.25.